The highest BCUT2D eigenvalue weighted by Crippen LogP contribution is 2.30. The SMILES string of the molecule is COc1cncc(N)c1OC. The molecule has 1 rings (SSSR count). The highest BCUT2D eigenvalue weighted by Gasteiger charge is 2.05. The van der Waals surface area contributed by atoms with Gasteiger partial charge in [0.1, 0.15) is 0 Å². The molecule has 4 heteroatoms. The van der Waals surface area contributed by atoms with Gasteiger partial charge in [0, 0.05) is 0 Å². The summed E-state index contributed by atoms with van der Waals surface area (Å²) in [5.41, 5.74) is 6.02. The average molecular weight is 154 g/mol. The van der Waals surface area contributed by atoms with Crippen molar-refractivity contribution in [2.24, 2.45) is 0 Å². The number of hydrogen-bond donors (Lipinski definition) is 1. The fourth-order valence-corrected chi connectivity index (χ4v) is 0.809. The minimum atomic E-state index is 0.479. The molecule has 0 saturated heterocycles. The molecule has 0 bridgehead atoms. The number of hydrogen-bond acceptors (Lipinski definition) is 4. The highest BCUT2D eigenvalue weighted by molar-refractivity contribution is 5.57. The van der Waals surface area contributed by atoms with Gasteiger partial charge in [0.2, 0.25) is 0 Å². The van der Waals surface area contributed by atoms with Gasteiger partial charge in [-0.3, -0.25) is 4.98 Å². The van der Waals surface area contributed by atoms with E-state index < -0.39 is 0 Å². The number of rotatable bonds is 2. The van der Waals surface area contributed by atoms with E-state index in [1.807, 2.05) is 0 Å². The molecule has 0 aliphatic rings. The van der Waals surface area contributed by atoms with E-state index in [9.17, 15) is 0 Å². The van der Waals surface area contributed by atoms with Crippen molar-refractivity contribution in [3.63, 3.8) is 0 Å². The van der Waals surface area contributed by atoms with Crippen LogP contribution in [0.3, 0.4) is 0 Å². The van der Waals surface area contributed by atoms with Crippen molar-refractivity contribution in [2.45, 2.75) is 0 Å². The third kappa shape index (κ3) is 1.34. The zero-order valence-corrected chi connectivity index (χ0v) is 6.50. The van der Waals surface area contributed by atoms with Crippen LogP contribution in [0.2, 0.25) is 0 Å². The Bertz CT molecular complexity index is 250. The van der Waals surface area contributed by atoms with Crippen LogP contribution in [0.25, 0.3) is 0 Å². The number of ether oxygens (including phenoxy) is 2. The van der Waals surface area contributed by atoms with E-state index in [1.165, 1.54) is 13.3 Å². The Morgan fingerprint density at radius 3 is 2.45 bits per heavy atom. The average Bonchev–Trinajstić information content (AvgIpc) is 2.04. The van der Waals surface area contributed by atoms with Crippen LogP contribution in [0, 0.1) is 0 Å². The molecule has 0 amide bonds. The third-order valence-corrected chi connectivity index (χ3v) is 1.32. The summed E-state index contributed by atoms with van der Waals surface area (Å²) < 4.78 is 9.93. The fourth-order valence-electron chi connectivity index (χ4n) is 0.809. The maximum Gasteiger partial charge on any atom is 0.186 e. The Morgan fingerprint density at radius 2 is 2.00 bits per heavy atom. The van der Waals surface area contributed by atoms with Crippen LogP contribution in [-0.4, -0.2) is 19.2 Å². The third-order valence-electron chi connectivity index (χ3n) is 1.32. The molecule has 11 heavy (non-hydrogen) atoms. The lowest BCUT2D eigenvalue weighted by atomic mass is 10.4. The van der Waals surface area contributed by atoms with Gasteiger partial charge in [0.05, 0.1) is 32.3 Å². The van der Waals surface area contributed by atoms with Crippen molar-refractivity contribution >= 4 is 5.69 Å². The lowest BCUT2D eigenvalue weighted by Crippen LogP contribution is -1.96. The first-order valence-corrected chi connectivity index (χ1v) is 3.11. The van der Waals surface area contributed by atoms with E-state index in [1.54, 1.807) is 13.3 Å². The van der Waals surface area contributed by atoms with Crippen molar-refractivity contribution in [1.82, 2.24) is 4.98 Å². The van der Waals surface area contributed by atoms with E-state index >= 15 is 0 Å². The normalized spacial score (nSPS) is 9.27. The Kier molecular flexibility index (Phi) is 2.15. The minimum Gasteiger partial charge on any atom is -0.491 e. The molecule has 0 atom stereocenters. The van der Waals surface area contributed by atoms with Crippen molar-refractivity contribution in [1.29, 1.82) is 0 Å². The molecule has 0 fully saturated rings. The molecule has 0 unspecified atom stereocenters. The van der Waals surface area contributed by atoms with Crippen molar-refractivity contribution in [3.8, 4) is 11.5 Å². The molecule has 60 valence electrons. The molecule has 0 spiro atoms. The minimum absolute atomic E-state index is 0.479. The van der Waals surface area contributed by atoms with E-state index in [0.717, 1.165) is 0 Å². The zero-order chi connectivity index (χ0) is 8.27. The quantitative estimate of drug-likeness (QED) is 0.680. The van der Waals surface area contributed by atoms with Crippen molar-refractivity contribution in [3.05, 3.63) is 12.4 Å². The first-order chi connectivity index (χ1) is 5.29. The fraction of sp³-hybridized carbons (Fsp3) is 0.286. The van der Waals surface area contributed by atoms with Gasteiger partial charge in [-0.1, -0.05) is 0 Å². The van der Waals surface area contributed by atoms with Crippen LogP contribution in [-0.2, 0) is 0 Å². The summed E-state index contributed by atoms with van der Waals surface area (Å²) in [5, 5.41) is 0. The largest absolute Gasteiger partial charge is 0.491 e. The molecule has 0 aliphatic carbocycles. The number of anilines is 1. The van der Waals surface area contributed by atoms with Crippen LogP contribution in [0.1, 0.15) is 0 Å². The number of methoxy groups -OCH3 is 2. The van der Waals surface area contributed by atoms with Crippen LogP contribution < -0.4 is 15.2 Å². The van der Waals surface area contributed by atoms with Crippen molar-refractivity contribution < 1.29 is 9.47 Å². The second-order valence-corrected chi connectivity index (χ2v) is 1.96. The van der Waals surface area contributed by atoms with Crippen LogP contribution in [0.4, 0.5) is 5.69 Å². The summed E-state index contributed by atoms with van der Waals surface area (Å²) in [6.07, 6.45) is 3.07. The monoisotopic (exact) mass is 154 g/mol. The molecule has 1 aromatic rings. The Balaban J connectivity index is 3.13. The summed E-state index contributed by atoms with van der Waals surface area (Å²) in [6.45, 7) is 0. The van der Waals surface area contributed by atoms with Gasteiger partial charge in [-0.15, -0.1) is 0 Å². The van der Waals surface area contributed by atoms with Crippen molar-refractivity contribution in [2.75, 3.05) is 20.0 Å². The molecule has 0 saturated carbocycles. The van der Waals surface area contributed by atoms with Gasteiger partial charge in [0.25, 0.3) is 0 Å². The lowest BCUT2D eigenvalue weighted by molar-refractivity contribution is 0.355. The molecule has 1 heterocycles. The molecule has 0 aliphatic heterocycles. The van der Waals surface area contributed by atoms with Gasteiger partial charge in [-0.05, 0) is 0 Å². The summed E-state index contributed by atoms with van der Waals surface area (Å²) >= 11 is 0. The molecule has 2 N–H and O–H groups in total. The summed E-state index contributed by atoms with van der Waals surface area (Å²) in [5.74, 6) is 1.08. The summed E-state index contributed by atoms with van der Waals surface area (Å²) in [7, 11) is 3.08. The smallest absolute Gasteiger partial charge is 0.186 e. The van der Waals surface area contributed by atoms with Gasteiger partial charge in [0.15, 0.2) is 11.5 Å². The highest BCUT2D eigenvalue weighted by atomic mass is 16.5. The van der Waals surface area contributed by atoms with Gasteiger partial charge in [-0.2, -0.15) is 0 Å². The maximum absolute atomic E-state index is 5.54. The van der Waals surface area contributed by atoms with Crippen LogP contribution in [0.15, 0.2) is 12.4 Å². The Morgan fingerprint density at radius 1 is 1.27 bits per heavy atom. The second kappa shape index (κ2) is 3.09. The van der Waals surface area contributed by atoms with Gasteiger partial charge < -0.3 is 15.2 Å². The molecule has 0 radical (unpaired) electrons. The van der Waals surface area contributed by atoms with Crippen LogP contribution in [0.5, 0.6) is 11.5 Å². The zero-order valence-electron chi connectivity index (χ0n) is 6.50. The number of nitrogens with two attached hydrogens (primary N) is 1. The second-order valence-electron chi connectivity index (χ2n) is 1.96. The first-order valence-electron chi connectivity index (χ1n) is 3.11. The molecular weight excluding hydrogens is 144 g/mol. The van der Waals surface area contributed by atoms with E-state index in [2.05, 4.69) is 4.98 Å². The number of pyridine rings is 1. The number of nitrogen functional groups attached to an aromatic ring is 1. The first kappa shape index (κ1) is 7.65. The van der Waals surface area contributed by atoms with Gasteiger partial charge >= 0.3 is 0 Å². The maximum atomic E-state index is 5.54. The van der Waals surface area contributed by atoms with E-state index in [0.29, 0.717) is 17.2 Å². The molecular formula is C7H10N2O2. The summed E-state index contributed by atoms with van der Waals surface area (Å²) in [4.78, 5) is 3.83. The van der Waals surface area contributed by atoms with Crippen LogP contribution >= 0.6 is 0 Å². The summed E-state index contributed by atoms with van der Waals surface area (Å²) in [6, 6.07) is 0. The number of aromatic nitrogens is 1. The van der Waals surface area contributed by atoms with E-state index in [-0.39, 0.29) is 0 Å². The van der Waals surface area contributed by atoms with Gasteiger partial charge in [-0.25, -0.2) is 0 Å². The lowest BCUT2D eigenvalue weighted by Gasteiger charge is -2.07. The molecule has 4 nitrogen and oxygen atoms in total. The Hall–Kier alpha value is -1.45. The molecule has 0 aromatic carbocycles. The predicted molar refractivity (Wildman–Crippen MR) is 41.8 cm³/mol. The van der Waals surface area contributed by atoms with E-state index in [4.69, 9.17) is 15.2 Å². The molecule has 1 aromatic heterocycles. The predicted octanol–water partition coefficient (Wildman–Crippen LogP) is 0.681. The topological polar surface area (TPSA) is 57.4 Å². The standard InChI is InChI=1S/C7H10N2O2/c1-10-6-4-9-3-5(8)7(6)11-2/h3-4H,8H2,1-2H3. The number of nitrogens with zero attached hydrogens (tertiary/aromatic N) is 1. The Labute approximate surface area is 64.9 Å².